The number of anilines is 1. The van der Waals surface area contributed by atoms with Gasteiger partial charge in [0.05, 0.1) is 11.2 Å². The van der Waals surface area contributed by atoms with Crippen LogP contribution in [0.15, 0.2) is 35.2 Å². The summed E-state index contributed by atoms with van der Waals surface area (Å²) < 4.78 is 5.71. The maximum absolute atomic E-state index is 12.1. The summed E-state index contributed by atoms with van der Waals surface area (Å²) in [4.78, 5) is 16.3. The summed E-state index contributed by atoms with van der Waals surface area (Å²) in [5, 5.41) is 7.91. The van der Waals surface area contributed by atoms with Crippen LogP contribution < -0.4 is 15.4 Å². The fraction of sp³-hybridized carbons (Fsp3) is 0.444. The van der Waals surface area contributed by atoms with Crippen LogP contribution in [0.5, 0.6) is 5.75 Å². The number of aromatic nitrogens is 1. The quantitative estimate of drug-likeness (QED) is 0.843. The fourth-order valence-corrected chi connectivity index (χ4v) is 3.43. The normalized spacial score (nSPS) is 20.4. The molecule has 5 nitrogen and oxygen atoms in total. The molecular formula is C18H23N3O2S. The molecule has 0 aliphatic heterocycles. The molecule has 1 fully saturated rings. The number of nitrogens with zero attached hydrogens (tertiary/aromatic N) is 1. The number of urea groups is 1. The molecule has 0 saturated heterocycles. The van der Waals surface area contributed by atoms with E-state index in [2.05, 4.69) is 22.5 Å². The van der Waals surface area contributed by atoms with Crippen molar-refractivity contribution in [3.63, 3.8) is 0 Å². The number of ether oxygens (including phenoxy) is 1. The van der Waals surface area contributed by atoms with Gasteiger partial charge in [-0.2, -0.15) is 0 Å². The molecule has 2 aromatic rings. The number of amides is 2. The molecule has 0 unspecified atom stereocenters. The van der Waals surface area contributed by atoms with Crippen LogP contribution in [0.1, 0.15) is 38.3 Å². The van der Waals surface area contributed by atoms with E-state index >= 15 is 0 Å². The Morgan fingerprint density at radius 1 is 1.33 bits per heavy atom. The van der Waals surface area contributed by atoms with E-state index in [0.29, 0.717) is 12.4 Å². The van der Waals surface area contributed by atoms with Crippen molar-refractivity contribution in [2.24, 2.45) is 5.92 Å². The van der Waals surface area contributed by atoms with Crippen LogP contribution in [-0.4, -0.2) is 17.1 Å². The maximum atomic E-state index is 12.1. The highest BCUT2D eigenvalue weighted by Crippen LogP contribution is 2.24. The summed E-state index contributed by atoms with van der Waals surface area (Å²) in [5.41, 5.74) is 3.42. The van der Waals surface area contributed by atoms with Crippen molar-refractivity contribution >= 4 is 23.1 Å². The number of thiazole rings is 1. The van der Waals surface area contributed by atoms with Gasteiger partial charge in [0.1, 0.15) is 12.4 Å². The molecule has 3 rings (SSSR count). The molecule has 0 radical (unpaired) electrons. The third-order valence-corrected chi connectivity index (χ3v) is 4.95. The third kappa shape index (κ3) is 4.96. The van der Waals surface area contributed by atoms with Crippen molar-refractivity contribution in [1.29, 1.82) is 0 Å². The Labute approximate surface area is 146 Å². The predicted molar refractivity (Wildman–Crippen MR) is 96.5 cm³/mol. The smallest absolute Gasteiger partial charge is 0.319 e. The van der Waals surface area contributed by atoms with E-state index in [-0.39, 0.29) is 12.1 Å². The lowest BCUT2D eigenvalue weighted by molar-refractivity contribution is 0.239. The number of carbonyl (C=O) groups excluding carboxylic acids is 1. The minimum atomic E-state index is -0.147. The number of carbonyl (C=O) groups is 1. The molecule has 0 atom stereocenters. The Morgan fingerprint density at radius 2 is 2.17 bits per heavy atom. The molecule has 24 heavy (non-hydrogen) atoms. The minimum absolute atomic E-state index is 0.147. The van der Waals surface area contributed by atoms with Gasteiger partial charge in [-0.15, -0.1) is 11.3 Å². The largest absolute Gasteiger partial charge is 0.487 e. The second-order valence-corrected chi connectivity index (χ2v) is 7.07. The highest BCUT2D eigenvalue weighted by molar-refractivity contribution is 7.07. The molecule has 1 aliphatic carbocycles. The zero-order valence-electron chi connectivity index (χ0n) is 13.8. The zero-order valence-corrected chi connectivity index (χ0v) is 14.6. The lowest BCUT2D eigenvalue weighted by Gasteiger charge is -2.26. The zero-order chi connectivity index (χ0) is 16.8. The van der Waals surface area contributed by atoms with Gasteiger partial charge in [0.15, 0.2) is 0 Å². The van der Waals surface area contributed by atoms with Crippen LogP contribution in [0.3, 0.4) is 0 Å². The summed E-state index contributed by atoms with van der Waals surface area (Å²) in [5.74, 6) is 1.49. The van der Waals surface area contributed by atoms with Crippen molar-refractivity contribution in [1.82, 2.24) is 10.3 Å². The van der Waals surface area contributed by atoms with Gasteiger partial charge in [-0.05, 0) is 43.7 Å². The molecule has 0 spiro atoms. The molecule has 1 aromatic heterocycles. The van der Waals surface area contributed by atoms with Gasteiger partial charge in [-0.1, -0.05) is 13.0 Å². The first-order valence-corrected chi connectivity index (χ1v) is 9.31. The first-order chi connectivity index (χ1) is 11.7. The summed E-state index contributed by atoms with van der Waals surface area (Å²) >= 11 is 1.55. The fourth-order valence-electron chi connectivity index (χ4n) is 2.89. The number of hydrogen-bond donors (Lipinski definition) is 2. The SMILES string of the molecule is CC1CCC(NC(=O)Nc2cccc(OCc3cscn3)c2)CC1. The van der Waals surface area contributed by atoms with Gasteiger partial charge >= 0.3 is 6.03 Å². The lowest BCUT2D eigenvalue weighted by Crippen LogP contribution is -2.39. The maximum Gasteiger partial charge on any atom is 0.319 e. The predicted octanol–water partition coefficient (Wildman–Crippen LogP) is 4.42. The van der Waals surface area contributed by atoms with E-state index in [0.717, 1.165) is 30.1 Å². The summed E-state index contributed by atoms with van der Waals surface area (Å²) in [6, 6.07) is 7.57. The van der Waals surface area contributed by atoms with Crippen LogP contribution in [0.25, 0.3) is 0 Å². The van der Waals surface area contributed by atoms with E-state index in [1.807, 2.05) is 29.6 Å². The van der Waals surface area contributed by atoms with Gasteiger partial charge in [0.2, 0.25) is 0 Å². The summed E-state index contributed by atoms with van der Waals surface area (Å²) in [6.07, 6.45) is 4.49. The molecule has 2 amide bonds. The molecule has 2 N–H and O–H groups in total. The highest BCUT2D eigenvalue weighted by atomic mass is 32.1. The summed E-state index contributed by atoms with van der Waals surface area (Å²) in [6.45, 7) is 2.70. The van der Waals surface area contributed by atoms with E-state index < -0.39 is 0 Å². The van der Waals surface area contributed by atoms with Gasteiger partial charge in [0, 0.05) is 23.2 Å². The third-order valence-electron chi connectivity index (χ3n) is 4.31. The Kier molecular flexibility index (Phi) is 5.69. The van der Waals surface area contributed by atoms with E-state index in [1.165, 1.54) is 12.8 Å². The van der Waals surface area contributed by atoms with Crippen molar-refractivity contribution in [3.8, 4) is 5.75 Å². The number of hydrogen-bond acceptors (Lipinski definition) is 4. The Balaban J connectivity index is 1.49. The average Bonchev–Trinajstić information content (AvgIpc) is 3.09. The molecule has 1 saturated carbocycles. The van der Waals surface area contributed by atoms with Crippen LogP contribution in [0, 0.1) is 5.92 Å². The standard InChI is InChI=1S/C18H23N3O2S/c1-13-5-7-14(8-6-13)20-18(22)21-15-3-2-4-17(9-15)23-10-16-11-24-12-19-16/h2-4,9,11-14H,5-8,10H2,1H3,(H2,20,21,22). The molecule has 0 bridgehead atoms. The molecule has 128 valence electrons. The number of rotatable bonds is 5. The Hall–Kier alpha value is -2.08. The second kappa shape index (κ2) is 8.15. The van der Waals surface area contributed by atoms with Crippen molar-refractivity contribution in [2.45, 2.75) is 45.3 Å². The minimum Gasteiger partial charge on any atom is -0.487 e. The summed E-state index contributed by atoms with van der Waals surface area (Å²) in [7, 11) is 0. The second-order valence-electron chi connectivity index (χ2n) is 6.35. The molecule has 1 aromatic carbocycles. The van der Waals surface area contributed by atoms with E-state index in [1.54, 1.807) is 16.8 Å². The van der Waals surface area contributed by atoms with Gasteiger partial charge in [-0.25, -0.2) is 9.78 Å². The van der Waals surface area contributed by atoms with Crippen LogP contribution >= 0.6 is 11.3 Å². The number of nitrogens with one attached hydrogen (secondary N) is 2. The van der Waals surface area contributed by atoms with E-state index in [4.69, 9.17) is 4.74 Å². The molecule has 1 heterocycles. The van der Waals surface area contributed by atoms with Gasteiger partial charge in [-0.3, -0.25) is 0 Å². The highest BCUT2D eigenvalue weighted by Gasteiger charge is 2.19. The first kappa shape index (κ1) is 16.8. The molecular weight excluding hydrogens is 322 g/mol. The molecule has 1 aliphatic rings. The van der Waals surface area contributed by atoms with Gasteiger partial charge < -0.3 is 15.4 Å². The average molecular weight is 345 g/mol. The number of benzene rings is 1. The van der Waals surface area contributed by atoms with Crippen LogP contribution in [0.2, 0.25) is 0 Å². The Morgan fingerprint density at radius 3 is 2.92 bits per heavy atom. The first-order valence-electron chi connectivity index (χ1n) is 8.36. The lowest BCUT2D eigenvalue weighted by atomic mass is 9.87. The van der Waals surface area contributed by atoms with Crippen LogP contribution in [0.4, 0.5) is 10.5 Å². The topological polar surface area (TPSA) is 63.2 Å². The van der Waals surface area contributed by atoms with Crippen molar-refractivity contribution < 1.29 is 9.53 Å². The van der Waals surface area contributed by atoms with Crippen LogP contribution in [-0.2, 0) is 6.61 Å². The Bertz CT molecular complexity index is 652. The van der Waals surface area contributed by atoms with Crippen molar-refractivity contribution in [2.75, 3.05) is 5.32 Å². The van der Waals surface area contributed by atoms with E-state index in [9.17, 15) is 4.79 Å². The monoisotopic (exact) mass is 345 g/mol. The van der Waals surface area contributed by atoms with Gasteiger partial charge in [0.25, 0.3) is 0 Å². The molecule has 6 heteroatoms. The van der Waals surface area contributed by atoms with Crippen molar-refractivity contribution in [3.05, 3.63) is 40.8 Å².